The Morgan fingerprint density at radius 3 is 2.75 bits per heavy atom. The second-order valence-corrected chi connectivity index (χ2v) is 2.80. The molecule has 1 unspecified atom stereocenters. The number of aromatic nitrogens is 2. The average molecular weight is 169 g/mol. The van der Waals surface area contributed by atoms with E-state index >= 15 is 0 Å². The molecule has 68 valence electrons. The van der Waals surface area contributed by atoms with Crippen molar-refractivity contribution >= 4 is 0 Å². The van der Waals surface area contributed by atoms with Crippen LogP contribution in [-0.4, -0.2) is 23.4 Å². The summed E-state index contributed by atoms with van der Waals surface area (Å²) in [5.74, 6) is 0. The van der Waals surface area contributed by atoms with Gasteiger partial charge >= 0.3 is 0 Å². The first-order valence-electron chi connectivity index (χ1n) is 3.92. The lowest BCUT2D eigenvalue weighted by Crippen LogP contribution is -2.14. The SMILES string of the molecule is COC(CN)c1cn(C)nc1C. The van der Waals surface area contributed by atoms with Gasteiger partial charge in [-0.15, -0.1) is 0 Å². The predicted molar refractivity (Wildman–Crippen MR) is 46.7 cm³/mol. The first kappa shape index (κ1) is 9.22. The quantitative estimate of drug-likeness (QED) is 0.711. The lowest BCUT2D eigenvalue weighted by atomic mass is 10.1. The molecule has 0 aliphatic heterocycles. The second kappa shape index (κ2) is 3.69. The Balaban J connectivity index is 2.91. The molecular weight excluding hydrogens is 154 g/mol. The Labute approximate surface area is 72.3 Å². The zero-order chi connectivity index (χ0) is 9.14. The predicted octanol–water partition coefficient (Wildman–Crippen LogP) is 0.375. The number of nitrogens with zero attached hydrogens (tertiary/aromatic N) is 2. The van der Waals surface area contributed by atoms with E-state index in [1.165, 1.54) is 0 Å². The van der Waals surface area contributed by atoms with Gasteiger partial charge in [-0.3, -0.25) is 4.68 Å². The zero-order valence-corrected chi connectivity index (χ0v) is 7.74. The van der Waals surface area contributed by atoms with Crippen molar-refractivity contribution in [1.29, 1.82) is 0 Å². The van der Waals surface area contributed by atoms with E-state index in [2.05, 4.69) is 5.10 Å². The Bertz CT molecular complexity index is 253. The lowest BCUT2D eigenvalue weighted by molar-refractivity contribution is 0.110. The fraction of sp³-hybridized carbons (Fsp3) is 0.625. The highest BCUT2D eigenvalue weighted by atomic mass is 16.5. The van der Waals surface area contributed by atoms with Gasteiger partial charge in [-0.1, -0.05) is 0 Å². The van der Waals surface area contributed by atoms with Crippen LogP contribution in [0.3, 0.4) is 0 Å². The van der Waals surface area contributed by atoms with E-state index in [0.717, 1.165) is 11.3 Å². The van der Waals surface area contributed by atoms with E-state index in [9.17, 15) is 0 Å². The molecule has 0 saturated carbocycles. The maximum atomic E-state index is 5.53. The minimum Gasteiger partial charge on any atom is -0.375 e. The molecule has 0 spiro atoms. The van der Waals surface area contributed by atoms with Gasteiger partial charge in [-0.25, -0.2) is 0 Å². The standard InChI is InChI=1S/C8H15N3O/c1-6-7(5-11(2)10-6)8(4-9)12-3/h5,8H,4,9H2,1-3H3. The molecule has 0 fully saturated rings. The Kier molecular flexibility index (Phi) is 2.83. The summed E-state index contributed by atoms with van der Waals surface area (Å²) < 4.78 is 6.97. The summed E-state index contributed by atoms with van der Waals surface area (Å²) in [4.78, 5) is 0. The monoisotopic (exact) mass is 169 g/mol. The van der Waals surface area contributed by atoms with Crippen molar-refractivity contribution in [3.8, 4) is 0 Å². The highest BCUT2D eigenvalue weighted by molar-refractivity contribution is 5.18. The van der Waals surface area contributed by atoms with Gasteiger partial charge in [-0.2, -0.15) is 5.10 Å². The summed E-state index contributed by atoms with van der Waals surface area (Å²) in [6.07, 6.45) is 1.91. The molecule has 1 atom stereocenters. The van der Waals surface area contributed by atoms with Gasteiger partial charge in [0, 0.05) is 32.5 Å². The van der Waals surface area contributed by atoms with Crippen LogP contribution >= 0.6 is 0 Å². The third-order valence-electron chi connectivity index (χ3n) is 1.90. The molecule has 0 aliphatic rings. The van der Waals surface area contributed by atoms with Crippen LogP contribution in [0.5, 0.6) is 0 Å². The van der Waals surface area contributed by atoms with Crippen LogP contribution in [0, 0.1) is 6.92 Å². The maximum Gasteiger partial charge on any atom is 0.0976 e. The largest absolute Gasteiger partial charge is 0.375 e. The van der Waals surface area contributed by atoms with Crippen molar-refractivity contribution < 1.29 is 4.74 Å². The van der Waals surface area contributed by atoms with E-state index in [-0.39, 0.29) is 6.10 Å². The van der Waals surface area contributed by atoms with Crippen LogP contribution in [-0.2, 0) is 11.8 Å². The van der Waals surface area contributed by atoms with Gasteiger partial charge < -0.3 is 10.5 Å². The second-order valence-electron chi connectivity index (χ2n) is 2.80. The van der Waals surface area contributed by atoms with Crippen LogP contribution < -0.4 is 5.73 Å². The van der Waals surface area contributed by atoms with Gasteiger partial charge in [0.25, 0.3) is 0 Å². The summed E-state index contributed by atoms with van der Waals surface area (Å²) in [7, 11) is 3.55. The zero-order valence-electron chi connectivity index (χ0n) is 7.74. The smallest absolute Gasteiger partial charge is 0.0976 e. The molecule has 0 aromatic carbocycles. The maximum absolute atomic E-state index is 5.53. The summed E-state index contributed by atoms with van der Waals surface area (Å²) in [6, 6.07) is 0. The Morgan fingerprint density at radius 1 is 1.75 bits per heavy atom. The molecule has 4 nitrogen and oxygen atoms in total. The van der Waals surface area contributed by atoms with Crippen LogP contribution in [0.15, 0.2) is 6.20 Å². The highest BCUT2D eigenvalue weighted by Gasteiger charge is 2.13. The minimum absolute atomic E-state index is 0.0290. The molecule has 2 N–H and O–H groups in total. The summed E-state index contributed by atoms with van der Waals surface area (Å²) in [5.41, 5.74) is 7.58. The van der Waals surface area contributed by atoms with Gasteiger partial charge in [0.15, 0.2) is 0 Å². The molecule has 1 rings (SSSR count). The van der Waals surface area contributed by atoms with Crippen LogP contribution in [0.1, 0.15) is 17.4 Å². The normalized spacial score (nSPS) is 13.3. The first-order chi connectivity index (χ1) is 5.69. The summed E-state index contributed by atoms with van der Waals surface area (Å²) in [6.45, 7) is 2.44. The van der Waals surface area contributed by atoms with Crippen molar-refractivity contribution in [2.45, 2.75) is 13.0 Å². The molecule has 0 aliphatic carbocycles. The minimum atomic E-state index is -0.0290. The van der Waals surface area contributed by atoms with Crippen molar-refractivity contribution in [2.75, 3.05) is 13.7 Å². The summed E-state index contributed by atoms with van der Waals surface area (Å²) in [5, 5.41) is 4.21. The summed E-state index contributed by atoms with van der Waals surface area (Å²) >= 11 is 0. The molecular formula is C8H15N3O. The van der Waals surface area contributed by atoms with Gasteiger partial charge in [0.1, 0.15) is 0 Å². The molecule has 0 radical (unpaired) electrons. The molecule has 0 bridgehead atoms. The first-order valence-corrected chi connectivity index (χ1v) is 3.92. The van der Waals surface area contributed by atoms with Crippen molar-refractivity contribution in [1.82, 2.24) is 9.78 Å². The molecule has 0 saturated heterocycles. The molecule has 4 heteroatoms. The van der Waals surface area contributed by atoms with E-state index in [1.54, 1.807) is 11.8 Å². The molecule has 1 aromatic heterocycles. The number of ether oxygens (including phenoxy) is 1. The van der Waals surface area contributed by atoms with Gasteiger partial charge in [-0.05, 0) is 6.92 Å². The number of hydrogen-bond acceptors (Lipinski definition) is 3. The molecule has 1 aromatic rings. The Hall–Kier alpha value is -0.870. The number of aryl methyl sites for hydroxylation is 2. The van der Waals surface area contributed by atoms with E-state index in [1.807, 2.05) is 20.2 Å². The number of hydrogen-bond donors (Lipinski definition) is 1. The number of methoxy groups -OCH3 is 1. The lowest BCUT2D eigenvalue weighted by Gasteiger charge is -2.10. The molecule has 0 amide bonds. The van der Waals surface area contributed by atoms with Crippen LogP contribution in [0.2, 0.25) is 0 Å². The van der Waals surface area contributed by atoms with Crippen molar-refractivity contribution in [3.05, 3.63) is 17.5 Å². The highest BCUT2D eigenvalue weighted by Crippen LogP contribution is 2.17. The third kappa shape index (κ3) is 1.65. The number of rotatable bonds is 3. The van der Waals surface area contributed by atoms with Gasteiger partial charge in [0.2, 0.25) is 0 Å². The van der Waals surface area contributed by atoms with E-state index in [0.29, 0.717) is 6.54 Å². The topological polar surface area (TPSA) is 53.1 Å². The fourth-order valence-electron chi connectivity index (χ4n) is 1.28. The van der Waals surface area contributed by atoms with Crippen molar-refractivity contribution in [2.24, 2.45) is 12.8 Å². The fourth-order valence-corrected chi connectivity index (χ4v) is 1.28. The van der Waals surface area contributed by atoms with Crippen molar-refractivity contribution in [3.63, 3.8) is 0 Å². The third-order valence-corrected chi connectivity index (χ3v) is 1.90. The van der Waals surface area contributed by atoms with Gasteiger partial charge in [0.05, 0.1) is 11.8 Å². The molecule has 12 heavy (non-hydrogen) atoms. The molecule has 1 heterocycles. The van der Waals surface area contributed by atoms with Crippen LogP contribution in [0.25, 0.3) is 0 Å². The average Bonchev–Trinajstić information content (AvgIpc) is 2.34. The van der Waals surface area contributed by atoms with E-state index < -0.39 is 0 Å². The van der Waals surface area contributed by atoms with E-state index in [4.69, 9.17) is 10.5 Å². The Morgan fingerprint density at radius 2 is 2.42 bits per heavy atom. The number of nitrogens with two attached hydrogens (primary N) is 1. The van der Waals surface area contributed by atoms with Crippen LogP contribution in [0.4, 0.5) is 0 Å².